The Morgan fingerprint density at radius 2 is 1.46 bits per heavy atom. The van der Waals surface area contributed by atoms with Crippen molar-refractivity contribution in [3.05, 3.63) is 71.3 Å². The molecule has 0 unspecified atom stereocenters. The van der Waals surface area contributed by atoms with Gasteiger partial charge >= 0.3 is 0 Å². The van der Waals surface area contributed by atoms with Crippen molar-refractivity contribution in [1.29, 1.82) is 0 Å². The third-order valence-electron chi connectivity index (χ3n) is 7.23. The molecule has 0 saturated carbocycles. The first kappa shape index (κ1) is 28.1. The van der Waals surface area contributed by atoms with Crippen LogP contribution in [0, 0.1) is 6.92 Å². The lowest BCUT2D eigenvalue weighted by molar-refractivity contribution is 0.0958. The van der Waals surface area contributed by atoms with E-state index in [1.165, 1.54) is 0 Å². The highest BCUT2D eigenvalue weighted by molar-refractivity contribution is 6.06. The van der Waals surface area contributed by atoms with E-state index in [0.717, 1.165) is 42.7 Å². The molecule has 39 heavy (non-hydrogen) atoms. The van der Waals surface area contributed by atoms with Crippen LogP contribution in [0.2, 0.25) is 0 Å². The Balaban J connectivity index is 1.58. The largest absolute Gasteiger partial charge is 0.493 e. The van der Waals surface area contributed by atoms with Gasteiger partial charge in [0.2, 0.25) is 5.75 Å². The van der Waals surface area contributed by atoms with E-state index in [0.29, 0.717) is 40.9 Å². The van der Waals surface area contributed by atoms with E-state index in [4.69, 9.17) is 23.7 Å². The minimum atomic E-state index is -0.0223. The second kappa shape index (κ2) is 12.8. The topological polar surface area (TPSA) is 69.7 Å². The van der Waals surface area contributed by atoms with Crippen LogP contribution in [-0.4, -0.2) is 65.5 Å². The fraction of sp³-hybridized carbons (Fsp3) is 0.387. The van der Waals surface area contributed by atoms with Gasteiger partial charge in [-0.15, -0.1) is 0 Å². The molecule has 0 N–H and O–H groups in total. The molecular weight excluding hydrogens is 496 g/mol. The number of rotatable bonds is 10. The minimum absolute atomic E-state index is 0.0223. The normalized spacial score (nSPS) is 14.0. The van der Waals surface area contributed by atoms with Gasteiger partial charge in [-0.25, -0.2) is 0 Å². The van der Waals surface area contributed by atoms with Gasteiger partial charge in [0.05, 0.1) is 35.5 Å². The van der Waals surface area contributed by atoms with Gasteiger partial charge in [0, 0.05) is 48.6 Å². The maximum atomic E-state index is 13.9. The van der Waals surface area contributed by atoms with E-state index in [1.807, 2.05) is 66.4 Å². The van der Waals surface area contributed by atoms with Gasteiger partial charge in [-0.05, 0) is 50.1 Å². The van der Waals surface area contributed by atoms with Crippen molar-refractivity contribution in [3.63, 3.8) is 0 Å². The molecular formula is C31H38N2O6. The maximum Gasteiger partial charge on any atom is 0.258 e. The molecule has 0 aromatic heterocycles. The van der Waals surface area contributed by atoms with Crippen LogP contribution in [0.15, 0.2) is 54.6 Å². The van der Waals surface area contributed by atoms with E-state index in [-0.39, 0.29) is 11.9 Å². The zero-order valence-corrected chi connectivity index (χ0v) is 23.7. The monoisotopic (exact) mass is 534 g/mol. The fourth-order valence-corrected chi connectivity index (χ4v) is 5.25. The van der Waals surface area contributed by atoms with E-state index < -0.39 is 0 Å². The smallest absolute Gasteiger partial charge is 0.258 e. The number of piperidine rings is 1. The summed E-state index contributed by atoms with van der Waals surface area (Å²) in [5, 5.41) is 0. The number of methoxy groups -OCH3 is 5. The van der Waals surface area contributed by atoms with Crippen molar-refractivity contribution in [2.24, 2.45) is 0 Å². The molecule has 8 nitrogen and oxygen atoms in total. The molecule has 3 aromatic rings. The number of benzene rings is 3. The van der Waals surface area contributed by atoms with Crippen LogP contribution in [0.4, 0.5) is 5.69 Å². The Kier molecular flexibility index (Phi) is 9.19. The molecule has 1 fully saturated rings. The first-order valence-electron chi connectivity index (χ1n) is 13.1. The van der Waals surface area contributed by atoms with Gasteiger partial charge in [0.25, 0.3) is 5.91 Å². The number of hydrogen-bond donors (Lipinski definition) is 0. The number of nitrogens with zero attached hydrogens (tertiary/aromatic N) is 2. The van der Waals surface area contributed by atoms with Crippen LogP contribution < -0.4 is 28.6 Å². The summed E-state index contributed by atoms with van der Waals surface area (Å²) in [6.45, 7) is 4.36. The number of carbonyl (C=O) groups excluding carboxylic acids is 1. The number of carbonyl (C=O) groups is 1. The lowest BCUT2D eigenvalue weighted by Gasteiger charge is -2.39. The van der Waals surface area contributed by atoms with Crippen molar-refractivity contribution >= 4 is 11.6 Å². The van der Waals surface area contributed by atoms with Crippen LogP contribution in [-0.2, 0) is 6.54 Å². The van der Waals surface area contributed by atoms with Crippen molar-refractivity contribution in [3.8, 4) is 28.7 Å². The summed E-state index contributed by atoms with van der Waals surface area (Å²) in [4.78, 5) is 18.2. The van der Waals surface area contributed by atoms with Crippen LogP contribution in [0.1, 0.15) is 34.3 Å². The highest BCUT2D eigenvalue weighted by Gasteiger charge is 2.31. The van der Waals surface area contributed by atoms with Gasteiger partial charge in [0.15, 0.2) is 23.0 Å². The Morgan fingerprint density at radius 3 is 2.08 bits per heavy atom. The molecule has 3 aromatic carbocycles. The molecule has 4 rings (SSSR count). The summed E-state index contributed by atoms with van der Waals surface area (Å²) in [5.74, 6) is 3.11. The summed E-state index contributed by atoms with van der Waals surface area (Å²) >= 11 is 0. The van der Waals surface area contributed by atoms with Gasteiger partial charge < -0.3 is 28.6 Å². The Hall–Kier alpha value is -3.91. The number of ether oxygens (including phenoxy) is 5. The Bertz CT molecular complexity index is 1290. The molecule has 0 aliphatic carbocycles. The summed E-state index contributed by atoms with van der Waals surface area (Å²) < 4.78 is 27.7. The molecule has 208 valence electrons. The Labute approximate surface area is 231 Å². The van der Waals surface area contributed by atoms with Crippen molar-refractivity contribution in [2.45, 2.75) is 32.4 Å². The van der Waals surface area contributed by atoms with Gasteiger partial charge in [-0.2, -0.15) is 0 Å². The van der Waals surface area contributed by atoms with Crippen LogP contribution in [0.3, 0.4) is 0 Å². The molecule has 1 amide bonds. The quantitative estimate of drug-likeness (QED) is 0.347. The molecule has 1 aliphatic rings. The van der Waals surface area contributed by atoms with Crippen molar-refractivity contribution in [1.82, 2.24) is 4.90 Å². The predicted molar refractivity (Wildman–Crippen MR) is 152 cm³/mol. The van der Waals surface area contributed by atoms with Gasteiger partial charge in [-0.3, -0.25) is 9.69 Å². The number of hydrogen-bond acceptors (Lipinski definition) is 7. The second-order valence-electron chi connectivity index (χ2n) is 9.58. The highest BCUT2D eigenvalue weighted by Crippen LogP contribution is 2.41. The first-order chi connectivity index (χ1) is 18.9. The third-order valence-corrected chi connectivity index (χ3v) is 7.23. The lowest BCUT2D eigenvalue weighted by atomic mass is 9.99. The fourth-order valence-electron chi connectivity index (χ4n) is 5.25. The predicted octanol–water partition coefficient (Wildman–Crippen LogP) is 5.35. The van der Waals surface area contributed by atoms with E-state index in [9.17, 15) is 4.79 Å². The van der Waals surface area contributed by atoms with Gasteiger partial charge in [-0.1, -0.05) is 23.8 Å². The number of likely N-dealkylation sites (tertiary alicyclic amines) is 1. The Morgan fingerprint density at radius 1 is 0.795 bits per heavy atom. The van der Waals surface area contributed by atoms with Crippen LogP contribution in [0.5, 0.6) is 28.7 Å². The van der Waals surface area contributed by atoms with Crippen molar-refractivity contribution < 1.29 is 28.5 Å². The van der Waals surface area contributed by atoms with E-state index in [2.05, 4.69) is 4.90 Å². The number of aryl methyl sites for hydroxylation is 1. The number of amides is 1. The zero-order chi connectivity index (χ0) is 27.9. The zero-order valence-electron chi connectivity index (χ0n) is 23.7. The van der Waals surface area contributed by atoms with Crippen LogP contribution in [0.25, 0.3) is 0 Å². The summed E-state index contributed by atoms with van der Waals surface area (Å²) in [6.07, 6.45) is 1.64. The molecule has 0 bridgehead atoms. The molecule has 0 radical (unpaired) electrons. The molecule has 0 atom stereocenters. The minimum Gasteiger partial charge on any atom is -0.493 e. The van der Waals surface area contributed by atoms with E-state index in [1.54, 1.807) is 35.5 Å². The third kappa shape index (κ3) is 6.06. The summed E-state index contributed by atoms with van der Waals surface area (Å²) in [5.41, 5.74) is 3.54. The van der Waals surface area contributed by atoms with E-state index >= 15 is 0 Å². The average Bonchev–Trinajstić information content (AvgIpc) is 2.97. The lowest BCUT2D eigenvalue weighted by Crippen LogP contribution is -2.47. The summed E-state index contributed by atoms with van der Waals surface area (Å²) in [7, 11) is 8.09. The van der Waals surface area contributed by atoms with Gasteiger partial charge in [0.1, 0.15) is 0 Å². The second-order valence-corrected chi connectivity index (χ2v) is 9.58. The molecule has 1 aliphatic heterocycles. The molecule has 0 spiro atoms. The van der Waals surface area contributed by atoms with Crippen LogP contribution >= 0.6 is 0 Å². The molecule has 8 heteroatoms. The SMILES string of the molecule is COc1ccc(N(C(=O)c2cccc(C)c2)C2CCN(Cc3ccc(OC)c(OC)c3OC)CC2)cc1OC. The molecule has 1 heterocycles. The maximum absolute atomic E-state index is 13.9. The molecule has 1 saturated heterocycles. The standard InChI is InChI=1S/C31H38N2O6/c1-21-8-7-9-22(18-21)31(34)33(25-11-13-26(35-2)28(19-25)37-4)24-14-16-32(17-15-24)20-23-10-12-27(36-3)30(39-6)29(23)38-5/h7-13,18-19,24H,14-17,20H2,1-6H3. The van der Waals surface area contributed by atoms with Crippen molar-refractivity contribution in [2.75, 3.05) is 53.5 Å². The summed E-state index contributed by atoms with van der Waals surface area (Å²) in [6, 6.07) is 17.3. The highest BCUT2D eigenvalue weighted by atomic mass is 16.5. The number of anilines is 1. The average molecular weight is 535 g/mol. The first-order valence-corrected chi connectivity index (χ1v) is 13.1.